The summed E-state index contributed by atoms with van der Waals surface area (Å²) < 4.78 is 4.72. The number of hydrogen-bond donors (Lipinski definition) is 0. The first-order valence-electron chi connectivity index (χ1n) is 8.59. The van der Waals surface area contributed by atoms with Gasteiger partial charge in [0.1, 0.15) is 0 Å². The maximum atomic E-state index is 11.5. The highest BCUT2D eigenvalue weighted by molar-refractivity contribution is 5.89. The number of carbonyl (C=O) groups excluding carboxylic acids is 1. The van der Waals surface area contributed by atoms with Crippen LogP contribution in [0.3, 0.4) is 0 Å². The van der Waals surface area contributed by atoms with E-state index in [4.69, 9.17) is 4.74 Å². The molecule has 128 valence electrons. The van der Waals surface area contributed by atoms with E-state index in [1.807, 2.05) is 12.1 Å². The van der Waals surface area contributed by atoms with Gasteiger partial charge in [0, 0.05) is 0 Å². The minimum Gasteiger partial charge on any atom is -0.465 e. The summed E-state index contributed by atoms with van der Waals surface area (Å²) in [5, 5.41) is 0. The standard InChI is InChI=1S/C23H24O2/c1-16-13-14-23(2,3)21-12-9-18(15-20(16)21)6-5-17-7-10-19(11-8-17)22(24)25-4/h5-13,15H,14H2,1-4H3. The molecule has 25 heavy (non-hydrogen) atoms. The molecule has 2 heteroatoms. The van der Waals surface area contributed by atoms with Crippen LogP contribution in [-0.2, 0) is 10.2 Å². The first-order chi connectivity index (χ1) is 11.9. The molecule has 0 spiro atoms. The number of allylic oxidation sites excluding steroid dienone is 2. The van der Waals surface area contributed by atoms with Crippen molar-refractivity contribution >= 4 is 23.7 Å². The van der Waals surface area contributed by atoms with Crippen molar-refractivity contribution in [3.05, 3.63) is 76.4 Å². The summed E-state index contributed by atoms with van der Waals surface area (Å²) in [5.74, 6) is -0.310. The van der Waals surface area contributed by atoms with Crippen LogP contribution in [-0.4, -0.2) is 13.1 Å². The summed E-state index contributed by atoms with van der Waals surface area (Å²) in [6.45, 7) is 6.79. The Kier molecular flexibility index (Phi) is 4.63. The van der Waals surface area contributed by atoms with Gasteiger partial charge < -0.3 is 4.74 Å². The number of fused-ring (bicyclic) bond motifs is 1. The smallest absolute Gasteiger partial charge is 0.337 e. The number of hydrogen-bond acceptors (Lipinski definition) is 2. The van der Waals surface area contributed by atoms with Crippen molar-refractivity contribution in [2.24, 2.45) is 0 Å². The zero-order chi connectivity index (χ0) is 18.0. The zero-order valence-electron chi connectivity index (χ0n) is 15.3. The Hall–Kier alpha value is -2.61. The van der Waals surface area contributed by atoms with Crippen LogP contribution in [0.2, 0.25) is 0 Å². The molecule has 0 heterocycles. The molecule has 0 aliphatic heterocycles. The van der Waals surface area contributed by atoms with Crippen LogP contribution < -0.4 is 0 Å². The average molecular weight is 332 g/mol. The lowest BCUT2D eigenvalue weighted by molar-refractivity contribution is 0.0600. The number of ether oxygens (including phenoxy) is 1. The van der Waals surface area contributed by atoms with Crippen LogP contribution in [0, 0.1) is 0 Å². The lowest BCUT2D eigenvalue weighted by atomic mass is 9.73. The number of benzene rings is 2. The average Bonchev–Trinajstić information content (AvgIpc) is 2.63. The molecule has 0 N–H and O–H groups in total. The molecule has 0 saturated heterocycles. The molecule has 0 atom stereocenters. The number of esters is 1. The van der Waals surface area contributed by atoms with Crippen molar-refractivity contribution in [3.63, 3.8) is 0 Å². The zero-order valence-corrected chi connectivity index (χ0v) is 15.3. The summed E-state index contributed by atoms with van der Waals surface area (Å²) in [6.07, 6.45) is 7.60. The molecule has 2 aromatic rings. The van der Waals surface area contributed by atoms with Crippen molar-refractivity contribution in [3.8, 4) is 0 Å². The molecule has 1 aliphatic carbocycles. The number of rotatable bonds is 3. The van der Waals surface area contributed by atoms with Gasteiger partial charge >= 0.3 is 5.97 Å². The van der Waals surface area contributed by atoms with E-state index < -0.39 is 0 Å². The summed E-state index contributed by atoms with van der Waals surface area (Å²) in [5.41, 5.74) is 7.12. The summed E-state index contributed by atoms with van der Waals surface area (Å²) >= 11 is 0. The molecule has 3 rings (SSSR count). The van der Waals surface area contributed by atoms with E-state index in [1.165, 1.54) is 29.4 Å². The fraction of sp³-hybridized carbons (Fsp3) is 0.261. The topological polar surface area (TPSA) is 26.3 Å². The monoisotopic (exact) mass is 332 g/mol. The summed E-state index contributed by atoms with van der Waals surface area (Å²) in [6, 6.07) is 14.1. The molecule has 1 aliphatic rings. The van der Waals surface area contributed by atoms with Gasteiger partial charge in [0.25, 0.3) is 0 Å². The van der Waals surface area contributed by atoms with Crippen LogP contribution >= 0.6 is 0 Å². The maximum absolute atomic E-state index is 11.5. The third-order valence-electron chi connectivity index (χ3n) is 4.92. The quantitative estimate of drug-likeness (QED) is 0.530. The molecule has 0 fully saturated rings. The van der Waals surface area contributed by atoms with Gasteiger partial charge in [-0.05, 0) is 64.8 Å². The van der Waals surface area contributed by atoms with E-state index in [0.717, 1.165) is 12.0 Å². The largest absolute Gasteiger partial charge is 0.465 e. The van der Waals surface area contributed by atoms with E-state index in [1.54, 1.807) is 12.1 Å². The van der Waals surface area contributed by atoms with E-state index in [9.17, 15) is 4.79 Å². The van der Waals surface area contributed by atoms with Crippen molar-refractivity contribution in [1.29, 1.82) is 0 Å². The van der Waals surface area contributed by atoms with E-state index in [2.05, 4.69) is 57.2 Å². The Morgan fingerprint density at radius 3 is 2.36 bits per heavy atom. The van der Waals surface area contributed by atoms with Crippen LogP contribution in [0.5, 0.6) is 0 Å². The van der Waals surface area contributed by atoms with Crippen molar-refractivity contribution in [2.75, 3.05) is 7.11 Å². The highest BCUT2D eigenvalue weighted by atomic mass is 16.5. The fourth-order valence-corrected chi connectivity index (χ4v) is 3.25. The SMILES string of the molecule is COC(=O)c1ccc(C=Cc2ccc3c(c2)C(C)=CCC3(C)C)cc1. The molecule has 2 aromatic carbocycles. The second-order valence-corrected chi connectivity index (χ2v) is 7.23. The maximum Gasteiger partial charge on any atom is 0.337 e. The molecular weight excluding hydrogens is 308 g/mol. The van der Waals surface area contributed by atoms with Crippen LogP contribution in [0.25, 0.3) is 17.7 Å². The summed E-state index contributed by atoms with van der Waals surface area (Å²) in [4.78, 5) is 11.5. The second-order valence-electron chi connectivity index (χ2n) is 7.23. The Morgan fingerprint density at radius 1 is 1.04 bits per heavy atom. The number of methoxy groups -OCH3 is 1. The van der Waals surface area contributed by atoms with Gasteiger partial charge in [0.2, 0.25) is 0 Å². The Balaban J connectivity index is 1.84. The van der Waals surface area contributed by atoms with E-state index >= 15 is 0 Å². The van der Waals surface area contributed by atoms with Crippen LogP contribution in [0.15, 0.2) is 48.5 Å². The van der Waals surface area contributed by atoms with Crippen LogP contribution in [0.4, 0.5) is 0 Å². The molecule has 2 nitrogen and oxygen atoms in total. The minimum atomic E-state index is -0.310. The highest BCUT2D eigenvalue weighted by Crippen LogP contribution is 2.39. The van der Waals surface area contributed by atoms with Crippen molar-refractivity contribution < 1.29 is 9.53 Å². The predicted molar refractivity (Wildman–Crippen MR) is 104 cm³/mol. The third kappa shape index (κ3) is 3.58. The predicted octanol–water partition coefficient (Wildman–Crippen LogP) is 5.73. The van der Waals surface area contributed by atoms with Gasteiger partial charge in [-0.25, -0.2) is 4.79 Å². The molecule has 0 unspecified atom stereocenters. The Morgan fingerprint density at radius 2 is 1.68 bits per heavy atom. The number of carbonyl (C=O) groups is 1. The molecule has 0 amide bonds. The van der Waals surface area contributed by atoms with Crippen molar-refractivity contribution in [1.82, 2.24) is 0 Å². The van der Waals surface area contributed by atoms with Crippen molar-refractivity contribution in [2.45, 2.75) is 32.6 Å². The van der Waals surface area contributed by atoms with Gasteiger partial charge in [0.15, 0.2) is 0 Å². The molecule has 0 saturated carbocycles. The molecule has 0 aromatic heterocycles. The van der Waals surface area contributed by atoms with Gasteiger partial charge in [-0.2, -0.15) is 0 Å². The Labute approximate surface area is 149 Å². The highest BCUT2D eigenvalue weighted by Gasteiger charge is 2.26. The fourth-order valence-electron chi connectivity index (χ4n) is 3.25. The first kappa shape index (κ1) is 17.2. The molecule has 0 bridgehead atoms. The minimum absolute atomic E-state index is 0.195. The van der Waals surface area contributed by atoms with Crippen LogP contribution in [0.1, 0.15) is 59.8 Å². The molecular formula is C23H24O2. The van der Waals surface area contributed by atoms with Gasteiger partial charge in [-0.15, -0.1) is 0 Å². The normalized spacial score (nSPS) is 15.6. The lowest BCUT2D eigenvalue weighted by Gasteiger charge is -2.31. The Bertz CT molecular complexity index is 852. The lowest BCUT2D eigenvalue weighted by Crippen LogP contribution is -2.21. The molecule has 0 radical (unpaired) electrons. The second kappa shape index (κ2) is 6.72. The first-order valence-corrected chi connectivity index (χ1v) is 8.59. The van der Waals surface area contributed by atoms with Gasteiger partial charge in [0.05, 0.1) is 12.7 Å². The van der Waals surface area contributed by atoms with Gasteiger partial charge in [-0.3, -0.25) is 0 Å². The van der Waals surface area contributed by atoms with E-state index in [0.29, 0.717) is 5.56 Å². The third-order valence-corrected chi connectivity index (χ3v) is 4.92. The summed E-state index contributed by atoms with van der Waals surface area (Å²) in [7, 11) is 1.39. The van der Waals surface area contributed by atoms with E-state index in [-0.39, 0.29) is 11.4 Å². The van der Waals surface area contributed by atoms with Gasteiger partial charge in [-0.1, -0.05) is 56.3 Å².